The van der Waals surface area contributed by atoms with E-state index in [0.29, 0.717) is 11.2 Å². The summed E-state index contributed by atoms with van der Waals surface area (Å²) in [6.07, 6.45) is 6.68. The lowest BCUT2D eigenvalue weighted by Crippen LogP contribution is -2.46. The van der Waals surface area contributed by atoms with Crippen LogP contribution in [0.15, 0.2) is 0 Å². The molecule has 0 aliphatic rings. The van der Waals surface area contributed by atoms with E-state index in [4.69, 9.17) is 0 Å². The minimum atomic E-state index is -3.07. The summed E-state index contributed by atoms with van der Waals surface area (Å²) >= 11 is 0. The number of sulfonamides is 1. The van der Waals surface area contributed by atoms with Gasteiger partial charge >= 0.3 is 0 Å². The van der Waals surface area contributed by atoms with Crippen molar-refractivity contribution in [1.82, 2.24) is 4.31 Å². The number of hydrogen-bond acceptors (Lipinski definition) is 2. The molecule has 0 heterocycles. The maximum absolute atomic E-state index is 12.0. The van der Waals surface area contributed by atoms with Gasteiger partial charge in [-0.15, -0.1) is 0 Å². The number of rotatable bonds is 10. The van der Waals surface area contributed by atoms with E-state index in [9.17, 15) is 8.42 Å². The van der Waals surface area contributed by atoms with E-state index in [0.717, 1.165) is 19.3 Å². The van der Waals surface area contributed by atoms with Crippen LogP contribution in [0.25, 0.3) is 0 Å². The molecule has 0 rings (SSSR count). The Morgan fingerprint density at radius 1 is 0.944 bits per heavy atom. The van der Waals surface area contributed by atoms with Crippen molar-refractivity contribution >= 4 is 10.0 Å². The quantitative estimate of drug-likeness (QED) is 0.349. The van der Waals surface area contributed by atoms with Crippen molar-refractivity contribution in [2.24, 2.45) is 0 Å². The maximum Gasteiger partial charge on any atom is 0.218 e. The van der Waals surface area contributed by atoms with Gasteiger partial charge in [-0.25, -0.2) is 8.42 Å². The van der Waals surface area contributed by atoms with Crippen LogP contribution in [0.1, 0.15) is 45.4 Å². The summed E-state index contributed by atoms with van der Waals surface area (Å²) in [7, 11) is 4.60. The molecule has 0 atom stereocenters. The predicted molar refractivity (Wildman–Crippen MR) is 77.8 cm³/mol. The highest BCUT2D eigenvalue weighted by Gasteiger charge is 2.22. The van der Waals surface area contributed by atoms with Gasteiger partial charge < -0.3 is 4.48 Å². The fraction of sp³-hybridized carbons (Fsp3) is 1.00. The summed E-state index contributed by atoms with van der Waals surface area (Å²) in [5.41, 5.74) is 0. The highest BCUT2D eigenvalue weighted by molar-refractivity contribution is 7.89. The van der Waals surface area contributed by atoms with Crippen LogP contribution >= 0.6 is 0 Å². The second-order valence-corrected chi connectivity index (χ2v) is 8.31. The van der Waals surface area contributed by atoms with E-state index in [1.165, 1.54) is 23.6 Å². The second kappa shape index (κ2) is 8.12. The van der Waals surface area contributed by atoms with E-state index in [1.807, 2.05) is 21.1 Å². The minimum Gasteiger partial charge on any atom is -0.318 e. The zero-order chi connectivity index (χ0) is 14.2. The largest absolute Gasteiger partial charge is 0.318 e. The lowest BCUT2D eigenvalue weighted by molar-refractivity contribution is -0.878. The van der Waals surface area contributed by atoms with E-state index in [-0.39, 0.29) is 5.75 Å². The Morgan fingerprint density at radius 3 is 1.94 bits per heavy atom. The molecule has 0 spiro atoms. The summed E-state index contributed by atoms with van der Waals surface area (Å²) < 4.78 is 26.1. The van der Waals surface area contributed by atoms with Gasteiger partial charge in [-0.2, -0.15) is 4.31 Å². The Morgan fingerprint density at radius 2 is 1.44 bits per heavy atom. The topological polar surface area (TPSA) is 37.4 Å². The van der Waals surface area contributed by atoms with Crippen molar-refractivity contribution < 1.29 is 12.9 Å². The highest BCUT2D eigenvalue weighted by atomic mass is 32.2. The molecule has 0 fully saturated rings. The molecule has 0 N–H and O–H groups in total. The van der Waals surface area contributed by atoms with Gasteiger partial charge in [0.05, 0.1) is 26.9 Å². The van der Waals surface area contributed by atoms with E-state index in [1.54, 1.807) is 7.05 Å². The lowest BCUT2D eigenvalue weighted by Gasteiger charge is -2.29. The summed E-state index contributed by atoms with van der Waals surface area (Å²) in [5.74, 6) is 0.287. The molecule has 18 heavy (non-hydrogen) atoms. The Hall–Kier alpha value is -0.130. The number of quaternary nitrogens is 1. The normalized spacial score (nSPS) is 13.2. The van der Waals surface area contributed by atoms with Gasteiger partial charge in [0.25, 0.3) is 0 Å². The zero-order valence-corrected chi connectivity index (χ0v) is 13.6. The molecular weight excluding hydrogens is 248 g/mol. The Labute approximate surface area is 114 Å². The Bertz CT molecular complexity index is 307. The van der Waals surface area contributed by atoms with Crippen molar-refractivity contribution in [3.63, 3.8) is 0 Å². The molecule has 4 nitrogen and oxygen atoms in total. The average Bonchev–Trinajstić information content (AvgIpc) is 2.20. The second-order valence-electron chi connectivity index (χ2n) is 6.11. The molecule has 0 aromatic rings. The first kappa shape index (κ1) is 17.9. The molecule has 110 valence electrons. The molecule has 0 unspecified atom stereocenters. The van der Waals surface area contributed by atoms with Crippen LogP contribution in [0.2, 0.25) is 0 Å². The van der Waals surface area contributed by atoms with Crippen molar-refractivity contribution in [2.45, 2.75) is 45.4 Å². The fourth-order valence-electron chi connectivity index (χ4n) is 1.91. The monoisotopic (exact) mass is 279 g/mol. The van der Waals surface area contributed by atoms with Crippen LogP contribution in [-0.4, -0.2) is 57.8 Å². The summed E-state index contributed by atoms with van der Waals surface area (Å²) in [6, 6.07) is 0. The molecule has 0 saturated carbocycles. The molecular formula is C13H31N2O2S+. The maximum atomic E-state index is 12.0. The first-order valence-electron chi connectivity index (χ1n) is 6.93. The molecule has 0 amide bonds. The van der Waals surface area contributed by atoms with Crippen molar-refractivity contribution in [3.05, 3.63) is 0 Å². The van der Waals surface area contributed by atoms with Gasteiger partial charge in [0.1, 0.15) is 6.67 Å². The van der Waals surface area contributed by atoms with Gasteiger partial charge in [-0.1, -0.05) is 39.0 Å². The third-order valence-electron chi connectivity index (χ3n) is 2.85. The SMILES string of the molecule is CCCCCCCCS(=O)(=O)N(C)C[N+](C)(C)C. The average molecular weight is 279 g/mol. The van der Waals surface area contributed by atoms with Crippen LogP contribution in [0.5, 0.6) is 0 Å². The van der Waals surface area contributed by atoms with Crippen molar-refractivity contribution in [3.8, 4) is 0 Å². The smallest absolute Gasteiger partial charge is 0.218 e. The van der Waals surface area contributed by atoms with Gasteiger partial charge in [0.2, 0.25) is 10.0 Å². The van der Waals surface area contributed by atoms with Crippen LogP contribution in [0.4, 0.5) is 0 Å². The minimum absolute atomic E-state index is 0.287. The van der Waals surface area contributed by atoms with Crippen LogP contribution < -0.4 is 0 Å². The third-order valence-corrected chi connectivity index (χ3v) is 4.72. The van der Waals surface area contributed by atoms with E-state index < -0.39 is 10.0 Å². The zero-order valence-electron chi connectivity index (χ0n) is 12.8. The molecule has 0 radical (unpaired) electrons. The summed E-state index contributed by atoms with van der Waals surface area (Å²) in [5, 5.41) is 0. The first-order valence-corrected chi connectivity index (χ1v) is 8.54. The summed E-state index contributed by atoms with van der Waals surface area (Å²) in [4.78, 5) is 0. The molecule has 0 aromatic carbocycles. The van der Waals surface area contributed by atoms with Gasteiger partial charge in [-0.3, -0.25) is 0 Å². The molecule has 0 saturated heterocycles. The molecule has 0 aliphatic carbocycles. The standard InChI is InChI=1S/C13H31N2O2S/c1-6-7-8-9-10-11-12-18(16,17)14(2)13-15(3,4)5/h6-13H2,1-5H3/q+1. The lowest BCUT2D eigenvalue weighted by atomic mass is 10.1. The number of hydrogen-bond donors (Lipinski definition) is 0. The van der Waals surface area contributed by atoms with Crippen molar-refractivity contribution in [2.75, 3.05) is 40.6 Å². The highest BCUT2D eigenvalue weighted by Crippen LogP contribution is 2.09. The molecule has 5 heteroatoms. The van der Waals surface area contributed by atoms with E-state index >= 15 is 0 Å². The van der Waals surface area contributed by atoms with Crippen LogP contribution in [0.3, 0.4) is 0 Å². The van der Waals surface area contributed by atoms with E-state index in [2.05, 4.69) is 6.92 Å². The van der Waals surface area contributed by atoms with Crippen LogP contribution in [0, 0.1) is 0 Å². The molecule has 0 aromatic heterocycles. The Balaban J connectivity index is 3.93. The molecule has 0 aliphatic heterocycles. The number of nitrogens with zero attached hydrogens (tertiary/aromatic N) is 2. The summed E-state index contributed by atoms with van der Waals surface area (Å²) in [6.45, 7) is 2.71. The fourth-order valence-corrected chi connectivity index (χ4v) is 3.31. The van der Waals surface area contributed by atoms with Gasteiger partial charge in [0, 0.05) is 7.05 Å². The Kier molecular flexibility index (Phi) is 8.06. The predicted octanol–water partition coefficient (Wildman–Crippen LogP) is 2.27. The van der Waals surface area contributed by atoms with Crippen molar-refractivity contribution in [1.29, 1.82) is 0 Å². The third kappa shape index (κ3) is 8.89. The molecule has 0 bridgehead atoms. The van der Waals surface area contributed by atoms with Gasteiger partial charge in [0.15, 0.2) is 0 Å². The van der Waals surface area contributed by atoms with Gasteiger partial charge in [-0.05, 0) is 6.42 Å². The van der Waals surface area contributed by atoms with Crippen LogP contribution in [-0.2, 0) is 10.0 Å². The first-order chi connectivity index (χ1) is 8.19. The number of unbranched alkanes of at least 4 members (excludes halogenated alkanes) is 5.